The largest absolute Gasteiger partial charge is 0.459 e. The Morgan fingerprint density at radius 3 is 2.10 bits per heavy atom. The summed E-state index contributed by atoms with van der Waals surface area (Å²) in [5.74, 6) is -1.76. The summed E-state index contributed by atoms with van der Waals surface area (Å²) < 4.78 is 10.7. The number of hydrogen-bond acceptors (Lipinski definition) is 7. The predicted octanol–water partition coefficient (Wildman–Crippen LogP) is 3.92. The van der Waals surface area contributed by atoms with Crippen LogP contribution in [0.3, 0.4) is 0 Å². The van der Waals surface area contributed by atoms with Crippen LogP contribution >= 0.6 is 0 Å². The molecule has 0 saturated carbocycles. The molecule has 0 unspecified atom stereocenters. The van der Waals surface area contributed by atoms with Gasteiger partial charge >= 0.3 is 12.1 Å². The molecule has 3 amide bonds. The van der Waals surface area contributed by atoms with Gasteiger partial charge in [-0.05, 0) is 51.2 Å². The maximum atomic E-state index is 13.2. The minimum Gasteiger partial charge on any atom is -0.459 e. The summed E-state index contributed by atoms with van der Waals surface area (Å²) in [6.07, 6.45) is 3.15. The molecule has 0 fully saturated rings. The normalized spacial score (nSPS) is 11.7. The molecule has 1 aromatic heterocycles. The molecule has 1 atom stereocenters. The minimum atomic E-state index is -0.995. The zero-order chi connectivity index (χ0) is 30.4. The van der Waals surface area contributed by atoms with Crippen LogP contribution in [0.4, 0.5) is 4.79 Å². The molecule has 0 radical (unpaired) electrons. The lowest BCUT2D eigenvalue weighted by Crippen LogP contribution is -2.44. The Morgan fingerprint density at radius 2 is 1.45 bits per heavy atom. The van der Waals surface area contributed by atoms with Crippen molar-refractivity contribution in [2.24, 2.45) is 0 Å². The minimum absolute atomic E-state index is 0.00444. The van der Waals surface area contributed by atoms with E-state index >= 15 is 0 Å². The lowest BCUT2D eigenvalue weighted by atomic mass is 10.1. The summed E-state index contributed by atoms with van der Waals surface area (Å²) in [5.41, 5.74) is 0.978. The molecule has 1 heterocycles. The van der Waals surface area contributed by atoms with Crippen molar-refractivity contribution in [2.75, 3.05) is 13.1 Å². The molecule has 0 saturated heterocycles. The molecule has 11 heteroatoms. The Hall–Kier alpha value is -4.67. The van der Waals surface area contributed by atoms with E-state index in [-0.39, 0.29) is 24.4 Å². The highest BCUT2D eigenvalue weighted by molar-refractivity contribution is 6.05. The van der Waals surface area contributed by atoms with Crippen LogP contribution in [0.25, 0.3) is 0 Å². The summed E-state index contributed by atoms with van der Waals surface area (Å²) in [4.78, 5) is 57.4. The second-order valence-electron chi connectivity index (χ2n) is 10.7. The molecule has 3 rings (SSSR count). The number of ether oxygens (including phenoxy) is 2. The Morgan fingerprint density at radius 1 is 0.833 bits per heavy atom. The molecule has 4 N–H and O–H groups in total. The molecule has 3 aromatic rings. The van der Waals surface area contributed by atoms with Gasteiger partial charge in [-0.2, -0.15) is 0 Å². The zero-order valence-electron chi connectivity index (χ0n) is 24.3. The SMILES string of the molecule is CC(C)(C)OC(=O)NCCCCCNC(=O)c1[nH]cnc1C(=O)N[C@@H](Cc1ccccc1)C(=O)OCc1ccccc1. The number of unbranched alkanes of at least 4 members (excludes halogenated alkanes) is 2. The number of carbonyl (C=O) groups excluding carboxylic acids is 4. The van der Waals surface area contributed by atoms with Crippen LogP contribution in [0.2, 0.25) is 0 Å². The van der Waals surface area contributed by atoms with E-state index in [1.807, 2.05) is 60.7 Å². The summed E-state index contributed by atoms with van der Waals surface area (Å²) in [6, 6.07) is 17.5. The van der Waals surface area contributed by atoms with Gasteiger partial charge in [-0.1, -0.05) is 60.7 Å². The molecule has 0 aliphatic heterocycles. The van der Waals surface area contributed by atoms with Crippen molar-refractivity contribution in [3.63, 3.8) is 0 Å². The first-order valence-electron chi connectivity index (χ1n) is 14.0. The molecule has 0 bridgehead atoms. The number of aromatic nitrogens is 2. The number of esters is 1. The second kappa shape index (κ2) is 15.9. The number of hydrogen-bond donors (Lipinski definition) is 4. The fourth-order valence-corrected chi connectivity index (χ4v) is 3.96. The van der Waals surface area contributed by atoms with E-state index < -0.39 is 35.5 Å². The number of nitrogens with one attached hydrogen (secondary N) is 4. The number of carbonyl (C=O) groups is 4. The lowest BCUT2D eigenvalue weighted by molar-refractivity contribution is -0.147. The quantitative estimate of drug-likeness (QED) is 0.167. The van der Waals surface area contributed by atoms with Crippen molar-refractivity contribution in [3.8, 4) is 0 Å². The fourth-order valence-electron chi connectivity index (χ4n) is 3.96. The average molecular weight is 578 g/mol. The Kier molecular flexibility index (Phi) is 12.1. The lowest BCUT2D eigenvalue weighted by Gasteiger charge is -2.19. The van der Waals surface area contributed by atoms with Crippen molar-refractivity contribution in [2.45, 2.75) is 64.7 Å². The number of H-pyrrole nitrogens is 1. The number of alkyl carbamates (subject to hydrolysis) is 1. The van der Waals surface area contributed by atoms with Crippen molar-refractivity contribution in [3.05, 3.63) is 89.5 Å². The summed E-state index contributed by atoms with van der Waals surface area (Å²) in [6.45, 7) is 6.30. The average Bonchev–Trinajstić information content (AvgIpc) is 3.46. The molecular weight excluding hydrogens is 538 g/mol. The highest BCUT2D eigenvalue weighted by Gasteiger charge is 2.27. The van der Waals surface area contributed by atoms with Gasteiger partial charge < -0.3 is 30.4 Å². The van der Waals surface area contributed by atoms with Gasteiger partial charge in [0, 0.05) is 19.5 Å². The summed E-state index contributed by atoms with van der Waals surface area (Å²) >= 11 is 0. The van der Waals surface area contributed by atoms with Crippen LogP contribution in [-0.2, 0) is 27.3 Å². The Labute approximate surface area is 245 Å². The van der Waals surface area contributed by atoms with Crippen LogP contribution in [0.1, 0.15) is 72.1 Å². The number of nitrogens with zero attached hydrogens (tertiary/aromatic N) is 1. The van der Waals surface area contributed by atoms with Gasteiger partial charge in [0.25, 0.3) is 11.8 Å². The highest BCUT2D eigenvalue weighted by Crippen LogP contribution is 2.10. The fraction of sp³-hybridized carbons (Fsp3) is 0.387. The van der Waals surface area contributed by atoms with Gasteiger partial charge in [-0.3, -0.25) is 9.59 Å². The van der Waals surface area contributed by atoms with E-state index in [9.17, 15) is 19.2 Å². The van der Waals surface area contributed by atoms with Crippen molar-refractivity contribution in [1.29, 1.82) is 0 Å². The predicted molar refractivity (Wildman–Crippen MR) is 157 cm³/mol. The van der Waals surface area contributed by atoms with E-state index in [1.165, 1.54) is 6.33 Å². The van der Waals surface area contributed by atoms with Crippen LogP contribution in [0.5, 0.6) is 0 Å². The van der Waals surface area contributed by atoms with Crippen LogP contribution in [0.15, 0.2) is 67.0 Å². The maximum absolute atomic E-state index is 13.2. The molecule has 42 heavy (non-hydrogen) atoms. The molecule has 0 aliphatic carbocycles. The molecule has 224 valence electrons. The van der Waals surface area contributed by atoms with E-state index in [2.05, 4.69) is 25.9 Å². The monoisotopic (exact) mass is 577 g/mol. The van der Waals surface area contributed by atoms with Crippen LogP contribution in [0, 0.1) is 0 Å². The van der Waals surface area contributed by atoms with Gasteiger partial charge in [0.2, 0.25) is 0 Å². The van der Waals surface area contributed by atoms with Crippen LogP contribution in [-0.4, -0.2) is 58.6 Å². The first kappa shape index (κ1) is 31.9. The van der Waals surface area contributed by atoms with Crippen molar-refractivity contribution < 1.29 is 28.7 Å². The number of amides is 3. The standard InChI is InChI=1S/C31H39N5O6/c1-31(2,3)42-30(40)33-18-12-6-11-17-32-27(37)25-26(35-21-34-25)28(38)36-24(19-22-13-7-4-8-14-22)29(39)41-20-23-15-9-5-10-16-23/h4-5,7-10,13-16,21,24H,6,11-12,17-20H2,1-3H3,(H,32,37)(H,33,40)(H,34,35)(H,36,38)/t24-/m0/s1. The van der Waals surface area contributed by atoms with Crippen molar-refractivity contribution >= 4 is 23.9 Å². The maximum Gasteiger partial charge on any atom is 0.407 e. The third-order valence-electron chi connectivity index (χ3n) is 5.99. The van der Waals surface area contributed by atoms with E-state index in [0.717, 1.165) is 24.0 Å². The second-order valence-corrected chi connectivity index (χ2v) is 10.7. The third-order valence-corrected chi connectivity index (χ3v) is 5.99. The molecule has 0 spiro atoms. The molecule has 11 nitrogen and oxygen atoms in total. The Bertz CT molecular complexity index is 1300. The molecular formula is C31H39N5O6. The van der Waals surface area contributed by atoms with Gasteiger partial charge in [0.1, 0.15) is 23.9 Å². The number of rotatable bonds is 14. The third kappa shape index (κ3) is 11.1. The van der Waals surface area contributed by atoms with Gasteiger partial charge in [-0.25, -0.2) is 14.6 Å². The Balaban J connectivity index is 1.51. The van der Waals surface area contributed by atoms with Gasteiger partial charge in [0.15, 0.2) is 5.69 Å². The van der Waals surface area contributed by atoms with Crippen molar-refractivity contribution in [1.82, 2.24) is 25.9 Å². The highest BCUT2D eigenvalue weighted by atomic mass is 16.6. The number of aromatic amines is 1. The number of imidazole rings is 1. The smallest absolute Gasteiger partial charge is 0.407 e. The van der Waals surface area contributed by atoms with E-state index in [4.69, 9.17) is 9.47 Å². The zero-order valence-corrected chi connectivity index (χ0v) is 24.3. The molecule has 0 aliphatic rings. The first-order chi connectivity index (χ1) is 20.1. The van der Waals surface area contributed by atoms with Gasteiger partial charge in [0.05, 0.1) is 6.33 Å². The van der Waals surface area contributed by atoms with E-state index in [0.29, 0.717) is 19.5 Å². The van der Waals surface area contributed by atoms with Gasteiger partial charge in [-0.15, -0.1) is 0 Å². The topological polar surface area (TPSA) is 152 Å². The number of benzene rings is 2. The van der Waals surface area contributed by atoms with Crippen LogP contribution < -0.4 is 16.0 Å². The first-order valence-corrected chi connectivity index (χ1v) is 14.0. The summed E-state index contributed by atoms with van der Waals surface area (Å²) in [7, 11) is 0. The molecule has 2 aromatic carbocycles. The summed E-state index contributed by atoms with van der Waals surface area (Å²) in [5, 5.41) is 8.16. The van der Waals surface area contributed by atoms with E-state index in [1.54, 1.807) is 20.8 Å².